The number of carbonyl (C=O) groups is 3. The lowest BCUT2D eigenvalue weighted by atomic mass is 10.0. The number of benzene rings is 2. The molecular weight excluding hydrogens is 382 g/mol. The minimum absolute atomic E-state index is 0.0713. The molecule has 0 saturated carbocycles. The molecule has 2 rings (SSSR count). The molecule has 0 N–H and O–H groups in total. The van der Waals surface area contributed by atoms with Crippen LogP contribution in [0, 0.1) is 0 Å². The maximum Gasteiger partial charge on any atom is 0.330 e. The van der Waals surface area contributed by atoms with E-state index in [1.54, 1.807) is 41.3 Å². The van der Waals surface area contributed by atoms with E-state index in [-0.39, 0.29) is 24.9 Å². The van der Waals surface area contributed by atoms with Crippen LogP contribution in [0.3, 0.4) is 0 Å². The Hall–Kier alpha value is -3.41. The Labute approximate surface area is 177 Å². The summed E-state index contributed by atoms with van der Waals surface area (Å²) in [6.45, 7) is 6.22. The Morgan fingerprint density at radius 2 is 1.63 bits per heavy atom. The second kappa shape index (κ2) is 12.2. The number of ketones is 1. The van der Waals surface area contributed by atoms with Gasteiger partial charge in [-0.25, -0.2) is 4.79 Å². The summed E-state index contributed by atoms with van der Waals surface area (Å²) >= 11 is 0. The van der Waals surface area contributed by atoms with Crippen molar-refractivity contribution < 1.29 is 23.9 Å². The second-order valence-electron chi connectivity index (χ2n) is 6.61. The quantitative estimate of drug-likeness (QED) is 0.304. The SMILES string of the molecule is C=CC(=O)OCCN(CCCC)C(=O)COc1ccc(C(=O)c2ccccc2)cc1. The van der Waals surface area contributed by atoms with Crippen molar-refractivity contribution in [3.8, 4) is 5.75 Å². The van der Waals surface area contributed by atoms with Gasteiger partial charge in [0, 0.05) is 23.7 Å². The van der Waals surface area contributed by atoms with Gasteiger partial charge in [0.25, 0.3) is 5.91 Å². The lowest BCUT2D eigenvalue weighted by molar-refractivity contribution is -0.141. The first-order valence-corrected chi connectivity index (χ1v) is 9.94. The van der Waals surface area contributed by atoms with Gasteiger partial charge in [-0.3, -0.25) is 9.59 Å². The molecule has 6 heteroatoms. The highest BCUT2D eigenvalue weighted by atomic mass is 16.5. The van der Waals surface area contributed by atoms with Crippen LogP contribution in [0.15, 0.2) is 67.3 Å². The zero-order chi connectivity index (χ0) is 21.8. The molecule has 30 heavy (non-hydrogen) atoms. The van der Waals surface area contributed by atoms with Crippen LogP contribution in [0.25, 0.3) is 0 Å². The van der Waals surface area contributed by atoms with E-state index in [9.17, 15) is 14.4 Å². The number of carbonyl (C=O) groups excluding carboxylic acids is 3. The molecule has 0 spiro atoms. The van der Waals surface area contributed by atoms with Crippen LogP contribution >= 0.6 is 0 Å². The van der Waals surface area contributed by atoms with E-state index in [0.29, 0.717) is 30.0 Å². The Morgan fingerprint density at radius 3 is 2.27 bits per heavy atom. The van der Waals surface area contributed by atoms with Crippen molar-refractivity contribution in [1.29, 1.82) is 0 Å². The lowest BCUT2D eigenvalue weighted by Crippen LogP contribution is -2.38. The number of nitrogens with zero attached hydrogens (tertiary/aromatic N) is 1. The van der Waals surface area contributed by atoms with Gasteiger partial charge in [0.2, 0.25) is 0 Å². The maximum absolute atomic E-state index is 12.5. The van der Waals surface area contributed by atoms with Gasteiger partial charge in [-0.15, -0.1) is 0 Å². The minimum Gasteiger partial charge on any atom is -0.484 e. The van der Waals surface area contributed by atoms with Gasteiger partial charge >= 0.3 is 5.97 Å². The standard InChI is InChI=1S/C24H27NO5/c1-3-5-15-25(16-17-29-23(27)4-2)22(26)18-30-21-13-11-20(12-14-21)24(28)19-9-7-6-8-10-19/h4,6-14H,2-3,5,15-18H2,1H3. The zero-order valence-corrected chi connectivity index (χ0v) is 17.2. The van der Waals surface area contributed by atoms with E-state index < -0.39 is 5.97 Å². The molecule has 0 bridgehead atoms. The smallest absolute Gasteiger partial charge is 0.330 e. The van der Waals surface area contributed by atoms with E-state index in [2.05, 4.69) is 6.58 Å². The van der Waals surface area contributed by atoms with Crippen LogP contribution in [0.1, 0.15) is 35.7 Å². The van der Waals surface area contributed by atoms with E-state index in [4.69, 9.17) is 9.47 Å². The summed E-state index contributed by atoms with van der Waals surface area (Å²) in [4.78, 5) is 37.7. The monoisotopic (exact) mass is 409 g/mol. The van der Waals surface area contributed by atoms with E-state index in [1.165, 1.54) is 0 Å². The zero-order valence-electron chi connectivity index (χ0n) is 17.2. The molecule has 2 aromatic rings. The van der Waals surface area contributed by atoms with Crippen molar-refractivity contribution >= 4 is 17.7 Å². The average Bonchev–Trinajstić information content (AvgIpc) is 2.79. The summed E-state index contributed by atoms with van der Waals surface area (Å²) in [5.41, 5.74) is 1.17. The van der Waals surface area contributed by atoms with Gasteiger partial charge in [-0.1, -0.05) is 50.3 Å². The molecular formula is C24H27NO5. The molecule has 0 saturated heterocycles. The molecule has 0 aliphatic rings. The fourth-order valence-electron chi connectivity index (χ4n) is 2.72. The number of unbranched alkanes of at least 4 members (excludes halogenated alkanes) is 1. The van der Waals surface area contributed by atoms with Gasteiger partial charge < -0.3 is 14.4 Å². The Bertz CT molecular complexity index is 846. The summed E-state index contributed by atoms with van der Waals surface area (Å²) in [7, 11) is 0. The number of amides is 1. The molecule has 2 aromatic carbocycles. The number of hydrogen-bond donors (Lipinski definition) is 0. The minimum atomic E-state index is -0.515. The summed E-state index contributed by atoms with van der Waals surface area (Å²) in [6, 6.07) is 15.7. The van der Waals surface area contributed by atoms with Crippen LogP contribution in [-0.2, 0) is 14.3 Å². The number of hydrogen-bond acceptors (Lipinski definition) is 5. The van der Waals surface area contributed by atoms with E-state index in [0.717, 1.165) is 18.9 Å². The maximum atomic E-state index is 12.5. The second-order valence-corrected chi connectivity index (χ2v) is 6.61. The molecule has 0 aliphatic heterocycles. The van der Waals surface area contributed by atoms with E-state index >= 15 is 0 Å². The lowest BCUT2D eigenvalue weighted by Gasteiger charge is -2.22. The third-order valence-electron chi connectivity index (χ3n) is 4.42. The molecule has 0 fully saturated rings. The number of rotatable bonds is 12. The molecule has 0 unspecified atom stereocenters. The highest BCUT2D eigenvalue weighted by Gasteiger charge is 2.15. The van der Waals surface area contributed by atoms with Crippen molar-refractivity contribution in [2.45, 2.75) is 19.8 Å². The Kier molecular flexibility index (Phi) is 9.31. The van der Waals surface area contributed by atoms with Gasteiger partial charge in [0.1, 0.15) is 12.4 Å². The topological polar surface area (TPSA) is 72.9 Å². The first-order chi connectivity index (χ1) is 14.5. The summed E-state index contributed by atoms with van der Waals surface area (Å²) in [5.74, 6) is -0.277. The Balaban J connectivity index is 1.89. The van der Waals surface area contributed by atoms with Gasteiger partial charge in [0.15, 0.2) is 12.4 Å². The van der Waals surface area contributed by atoms with Crippen LogP contribution in [0.2, 0.25) is 0 Å². The first-order valence-electron chi connectivity index (χ1n) is 9.94. The molecule has 1 amide bonds. The third kappa shape index (κ3) is 7.20. The van der Waals surface area contributed by atoms with Crippen molar-refractivity contribution in [3.05, 3.63) is 78.4 Å². The van der Waals surface area contributed by atoms with Crippen LogP contribution in [-0.4, -0.2) is 48.9 Å². The van der Waals surface area contributed by atoms with Crippen molar-refractivity contribution in [3.63, 3.8) is 0 Å². The third-order valence-corrected chi connectivity index (χ3v) is 4.42. The average molecular weight is 409 g/mol. The Morgan fingerprint density at radius 1 is 0.967 bits per heavy atom. The highest BCUT2D eigenvalue weighted by molar-refractivity contribution is 6.08. The molecule has 158 valence electrons. The molecule has 0 aliphatic carbocycles. The van der Waals surface area contributed by atoms with Crippen molar-refractivity contribution in [2.75, 3.05) is 26.3 Å². The normalized spacial score (nSPS) is 10.2. The molecule has 0 heterocycles. The van der Waals surface area contributed by atoms with Gasteiger partial charge in [0.05, 0.1) is 6.54 Å². The van der Waals surface area contributed by atoms with E-state index in [1.807, 2.05) is 25.1 Å². The van der Waals surface area contributed by atoms with Crippen LogP contribution in [0.4, 0.5) is 0 Å². The van der Waals surface area contributed by atoms with Crippen LogP contribution < -0.4 is 4.74 Å². The molecule has 6 nitrogen and oxygen atoms in total. The predicted octanol–water partition coefficient (Wildman–Crippen LogP) is 3.65. The van der Waals surface area contributed by atoms with Crippen molar-refractivity contribution in [2.24, 2.45) is 0 Å². The summed E-state index contributed by atoms with van der Waals surface area (Å²) in [5, 5.41) is 0. The van der Waals surface area contributed by atoms with Crippen molar-refractivity contribution in [1.82, 2.24) is 4.90 Å². The number of ether oxygens (including phenoxy) is 2. The molecule has 0 atom stereocenters. The van der Waals surface area contributed by atoms with Gasteiger partial charge in [-0.2, -0.15) is 0 Å². The summed E-state index contributed by atoms with van der Waals surface area (Å²) in [6.07, 6.45) is 2.87. The van der Waals surface area contributed by atoms with Gasteiger partial charge in [-0.05, 0) is 30.7 Å². The first kappa shape index (κ1) is 22.9. The number of esters is 1. The highest BCUT2D eigenvalue weighted by Crippen LogP contribution is 2.15. The fourth-order valence-corrected chi connectivity index (χ4v) is 2.72. The predicted molar refractivity (Wildman–Crippen MR) is 114 cm³/mol. The summed E-state index contributed by atoms with van der Waals surface area (Å²) < 4.78 is 10.6. The molecule has 0 aromatic heterocycles. The fraction of sp³-hybridized carbons (Fsp3) is 0.292. The van der Waals surface area contributed by atoms with Crippen LogP contribution in [0.5, 0.6) is 5.75 Å². The largest absolute Gasteiger partial charge is 0.484 e. The molecule has 0 radical (unpaired) electrons.